The molecule has 0 aromatic heterocycles. The Balaban J connectivity index is 1.27. The Kier molecular flexibility index (Phi) is 8.46. The van der Waals surface area contributed by atoms with Gasteiger partial charge in [-0.05, 0) is 125 Å². The number of nitrogens with zero attached hydrogens (tertiary/aromatic N) is 1. The standard InChI is InChI=1S/C43H38Br2F3NO/c1-42(2)39-33(21-28(44)22-34(39)45)37-32-23-30(47)24-35(48)38(32)41-36(40(37)42)25(16-20-50-41)15-17-43(3,26-7-11-29(46)12-8-26)27-9-13-31(14-10-27)49-18-5-4-6-19-49/h7-14,16,21-24H,4-6,15,17-20H2,1-3H3. The Morgan fingerprint density at radius 1 is 0.800 bits per heavy atom. The van der Waals surface area contributed by atoms with Crippen LogP contribution >= 0.6 is 31.9 Å². The van der Waals surface area contributed by atoms with Gasteiger partial charge in [0.2, 0.25) is 0 Å². The van der Waals surface area contributed by atoms with Crippen molar-refractivity contribution in [1.82, 2.24) is 0 Å². The third-order valence-corrected chi connectivity index (χ3v) is 12.4. The van der Waals surface area contributed by atoms with Crippen LogP contribution in [-0.4, -0.2) is 19.7 Å². The molecule has 0 N–H and O–H groups in total. The number of benzene rings is 5. The normalized spacial score (nSPS) is 17.4. The molecule has 256 valence electrons. The zero-order chi connectivity index (χ0) is 34.9. The van der Waals surface area contributed by atoms with Crippen molar-refractivity contribution in [2.24, 2.45) is 0 Å². The van der Waals surface area contributed by atoms with E-state index in [0.29, 0.717) is 29.4 Å². The Bertz CT molecular complexity index is 2190. The van der Waals surface area contributed by atoms with Crippen molar-refractivity contribution in [2.45, 2.75) is 63.7 Å². The van der Waals surface area contributed by atoms with E-state index < -0.39 is 22.5 Å². The maximum Gasteiger partial charge on any atom is 0.138 e. The summed E-state index contributed by atoms with van der Waals surface area (Å²) in [6, 6.07) is 22.2. The molecule has 2 heterocycles. The van der Waals surface area contributed by atoms with Gasteiger partial charge in [0.25, 0.3) is 0 Å². The smallest absolute Gasteiger partial charge is 0.138 e. The largest absolute Gasteiger partial charge is 0.488 e. The molecule has 5 aromatic rings. The Labute approximate surface area is 308 Å². The molecule has 7 heteroatoms. The number of hydrogen-bond donors (Lipinski definition) is 0. The van der Waals surface area contributed by atoms with Crippen LogP contribution in [0.1, 0.15) is 80.7 Å². The fourth-order valence-corrected chi connectivity index (χ4v) is 10.5. The molecule has 1 unspecified atom stereocenters. The summed E-state index contributed by atoms with van der Waals surface area (Å²) in [5.41, 5.74) is 8.29. The molecule has 50 heavy (non-hydrogen) atoms. The van der Waals surface area contributed by atoms with Gasteiger partial charge in [-0.15, -0.1) is 0 Å². The number of allylic oxidation sites excluding steroid dienone is 1. The molecule has 3 aliphatic rings. The molecule has 1 saturated heterocycles. The van der Waals surface area contributed by atoms with Gasteiger partial charge >= 0.3 is 0 Å². The maximum absolute atomic E-state index is 16.0. The van der Waals surface area contributed by atoms with E-state index in [1.165, 1.54) is 43.1 Å². The van der Waals surface area contributed by atoms with E-state index in [-0.39, 0.29) is 12.4 Å². The van der Waals surface area contributed by atoms with Gasteiger partial charge < -0.3 is 9.64 Å². The lowest BCUT2D eigenvalue weighted by molar-refractivity contribution is 0.358. The molecular weight excluding hydrogens is 763 g/mol. The monoisotopic (exact) mass is 799 g/mol. The number of piperidine rings is 1. The molecule has 8 rings (SSSR count). The van der Waals surface area contributed by atoms with Crippen LogP contribution in [0.2, 0.25) is 0 Å². The van der Waals surface area contributed by atoms with E-state index in [2.05, 4.69) is 93.9 Å². The highest BCUT2D eigenvalue weighted by Crippen LogP contribution is 2.60. The fraction of sp³-hybridized carbons (Fsp3) is 0.302. The quantitative estimate of drug-likeness (QED) is 0.170. The van der Waals surface area contributed by atoms with E-state index in [9.17, 15) is 8.78 Å². The lowest BCUT2D eigenvalue weighted by Crippen LogP contribution is -2.29. The predicted molar refractivity (Wildman–Crippen MR) is 205 cm³/mol. The van der Waals surface area contributed by atoms with E-state index in [4.69, 9.17) is 4.74 Å². The topological polar surface area (TPSA) is 12.5 Å². The average molecular weight is 802 g/mol. The van der Waals surface area contributed by atoms with Crippen LogP contribution in [0.5, 0.6) is 5.75 Å². The number of fused-ring (bicyclic) bond motifs is 8. The zero-order valence-electron chi connectivity index (χ0n) is 28.4. The van der Waals surface area contributed by atoms with Gasteiger partial charge in [-0.1, -0.05) is 76.9 Å². The maximum atomic E-state index is 16.0. The summed E-state index contributed by atoms with van der Waals surface area (Å²) in [6.07, 6.45) is 7.20. The fourth-order valence-electron chi connectivity index (χ4n) is 8.79. The molecule has 0 saturated carbocycles. The third kappa shape index (κ3) is 5.42. The van der Waals surface area contributed by atoms with Crippen LogP contribution in [0.25, 0.3) is 27.5 Å². The minimum atomic E-state index is -0.634. The zero-order valence-corrected chi connectivity index (χ0v) is 31.6. The second-order valence-corrected chi connectivity index (χ2v) is 16.4. The van der Waals surface area contributed by atoms with Crippen molar-refractivity contribution in [3.8, 4) is 16.9 Å². The summed E-state index contributed by atoms with van der Waals surface area (Å²) in [6.45, 7) is 9.02. The molecule has 0 radical (unpaired) electrons. The first-order valence-electron chi connectivity index (χ1n) is 17.4. The van der Waals surface area contributed by atoms with Gasteiger partial charge in [0.05, 0.1) is 5.39 Å². The molecule has 1 atom stereocenters. The first kappa shape index (κ1) is 33.6. The van der Waals surface area contributed by atoms with Crippen LogP contribution < -0.4 is 9.64 Å². The lowest BCUT2D eigenvalue weighted by atomic mass is 9.71. The number of hydrogen-bond acceptors (Lipinski definition) is 2. The molecule has 2 aliphatic heterocycles. The van der Waals surface area contributed by atoms with E-state index >= 15 is 4.39 Å². The molecular formula is C43H38Br2F3NO. The van der Waals surface area contributed by atoms with Crippen LogP contribution in [0.4, 0.5) is 18.9 Å². The second-order valence-electron chi connectivity index (χ2n) is 14.7. The lowest BCUT2D eigenvalue weighted by Gasteiger charge is -2.35. The summed E-state index contributed by atoms with van der Waals surface area (Å²) in [5.74, 6) is -1.05. The molecule has 1 fully saturated rings. The van der Waals surface area contributed by atoms with E-state index in [0.717, 1.165) is 72.6 Å². The molecule has 1 aliphatic carbocycles. The van der Waals surface area contributed by atoms with Crippen LogP contribution in [0.3, 0.4) is 0 Å². The minimum absolute atomic E-state index is 0.266. The molecule has 2 nitrogen and oxygen atoms in total. The van der Waals surface area contributed by atoms with Crippen molar-refractivity contribution in [1.29, 1.82) is 0 Å². The van der Waals surface area contributed by atoms with Crippen molar-refractivity contribution in [2.75, 3.05) is 24.6 Å². The highest BCUT2D eigenvalue weighted by Gasteiger charge is 2.44. The summed E-state index contributed by atoms with van der Waals surface area (Å²) in [5, 5.41) is 0.819. The van der Waals surface area contributed by atoms with Gasteiger partial charge in [-0.3, -0.25) is 0 Å². The summed E-state index contributed by atoms with van der Waals surface area (Å²) >= 11 is 7.49. The SMILES string of the molecule is CC1(C)c2c(Br)cc(Br)cc2-c2c1c1c(c3c(F)cc(F)cc23)OCC=C1CCC(C)(c1ccc(F)cc1)c1ccc(N2CCCCC2)cc1. The van der Waals surface area contributed by atoms with Gasteiger partial charge in [0, 0.05) is 50.2 Å². The van der Waals surface area contributed by atoms with Crippen LogP contribution in [-0.2, 0) is 10.8 Å². The van der Waals surface area contributed by atoms with Crippen LogP contribution in [0.15, 0.2) is 87.8 Å². The van der Waals surface area contributed by atoms with Gasteiger partial charge in [0.1, 0.15) is 29.8 Å². The molecule has 0 bridgehead atoms. The first-order chi connectivity index (χ1) is 24.0. The second kappa shape index (κ2) is 12.6. The Morgan fingerprint density at radius 3 is 2.18 bits per heavy atom. The third-order valence-electron chi connectivity index (χ3n) is 11.3. The average Bonchev–Trinajstić information content (AvgIpc) is 3.34. The van der Waals surface area contributed by atoms with Gasteiger partial charge in [-0.25, -0.2) is 13.2 Å². The van der Waals surface area contributed by atoms with Crippen molar-refractivity contribution in [3.05, 3.63) is 133 Å². The molecule has 0 amide bonds. The Hall–Kier alpha value is -3.55. The first-order valence-corrected chi connectivity index (χ1v) is 19.0. The molecule has 5 aromatic carbocycles. The highest BCUT2D eigenvalue weighted by atomic mass is 79.9. The number of ether oxygens (including phenoxy) is 1. The summed E-state index contributed by atoms with van der Waals surface area (Å²) in [7, 11) is 0. The summed E-state index contributed by atoms with van der Waals surface area (Å²) in [4.78, 5) is 2.46. The highest BCUT2D eigenvalue weighted by molar-refractivity contribution is 9.11. The van der Waals surface area contributed by atoms with Crippen molar-refractivity contribution < 1.29 is 17.9 Å². The molecule has 0 spiro atoms. The van der Waals surface area contributed by atoms with E-state index in [1.807, 2.05) is 18.2 Å². The number of anilines is 1. The predicted octanol–water partition coefficient (Wildman–Crippen LogP) is 12.6. The van der Waals surface area contributed by atoms with Crippen LogP contribution in [0, 0.1) is 17.5 Å². The minimum Gasteiger partial charge on any atom is -0.488 e. The Morgan fingerprint density at radius 2 is 1.48 bits per heavy atom. The van der Waals surface area contributed by atoms with Crippen molar-refractivity contribution >= 4 is 53.9 Å². The van der Waals surface area contributed by atoms with Gasteiger partial charge in [-0.2, -0.15) is 0 Å². The van der Waals surface area contributed by atoms with Crippen molar-refractivity contribution in [3.63, 3.8) is 0 Å². The van der Waals surface area contributed by atoms with E-state index in [1.54, 1.807) is 0 Å². The number of rotatable bonds is 6. The van der Waals surface area contributed by atoms with Gasteiger partial charge in [0.15, 0.2) is 0 Å². The summed E-state index contributed by atoms with van der Waals surface area (Å²) < 4.78 is 53.4. The number of halogens is 5.